The Hall–Kier alpha value is -2.04. The number of ether oxygens (including phenoxy) is 1. The molecule has 1 aliphatic heterocycles. The quantitative estimate of drug-likeness (QED) is 0.829. The number of hydrogen-bond acceptors (Lipinski definition) is 3. The van der Waals surface area contributed by atoms with E-state index in [1.54, 1.807) is 26.0 Å². The normalized spacial score (nSPS) is 18.7. The molecule has 96 valence electrons. The van der Waals surface area contributed by atoms with Gasteiger partial charge in [0.25, 0.3) is 0 Å². The van der Waals surface area contributed by atoms with E-state index in [2.05, 4.69) is 5.32 Å². The van der Waals surface area contributed by atoms with Crippen LogP contribution >= 0.6 is 0 Å². The molecule has 0 aromatic heterocycles. The van der Waals surface area contributed by atoms with Gasteiger partial charge in [0.05, 0.1) is 23.9 Å². The lowest BCUT2D eigenvalue weighted by molar-refractivity contribution is -0.119. The minimum absolute atomic E-state index is 0.0887. The molecule has 1 atom stereocenters. The molecule has 0 bridgehead atoms. The summed E-state index contributed by atoms with van der Waals surface area (Å²) in [5, 5.41) is 2.81. The Balaban J connectivity index is 2.39. The number of carbonyl (C=O) groups excluding carboxylic acids is 2. The van der Waals surface area contributed by atoms with Crippen molar-refractivity contribution in [3.8, 4) is 0 Å². The van der Waals surface area contributed by atoms with Crippen LogP contribution in [0.25, 0.3) is 0 Å². The third kappa shape index (κ3) is 2.30. The summed E-state index contributed by atoms with van der Waals surface area (Å²) >= 11 is 0. The maximum atomic E-state index is 11.9. The summed E-state index contributed by atoms with van der Waals surface area (Å²) in [4.78, 5) is 25.2. The molecule has 1 heterocycles. The summed E-state index contributed by atoms with van der Waals surface area (Å²) in [6.07, 6.45) is -0.423. The molecule has 0 unspecified atom stereocenters. The standard InChI is InChI=1S/C13H16N2O3/c1-3-18-13(17)15-8-9(2)12(16)14-10-6-4-5-7-11(10)15/h4-7,9H,3,8H2,1-2H3,(H,14,16)/t9-/m1/s1. The summed E-state index contributed by atoms with van der Waals surface area (Å²) in [7, 11) is 0. The highest BCUT2D eigenvalue weighted by Crippen LogP contribution is 2.30. The lowest BCUT2D eigenvalue weighted by Crippen LogP contribution is -2.36. The van der Waals surface area contributed by atoms with Gasteiger partial charge in [0, 0.05) is 6.54 Å². The second-order valence-corrected chi connectivity index (χ2v) is 4.22. The maximum absolute atomic E-state index is 11.9. The van der Waals surface area contributed by atoms with E-state index in [1.807, 2.05) is 12.1 Å². The van der Waals surface area contributed by atoms with Crippen molar-refractivity contribution in [1.82, 2.24) is 0 Å². The molecule has 0 spiro atoms. The minimum Gasteiger partial charge on any atom is -0.449 e. The van der Waals surface area contributed by atoms with E-state index in [-0.39, 0.29) is 11.8 Å². The molecular formula is C13H16N2O3. The summed E-state index contributed by atoms with van der Waals surface area (Å²) in [5.41, 5.74) is 1.31. The smallest absolute Gasteiger partial charge is 0.414 e. The van der Waals surface area contributed by atoms with Crippen LogP contribution < -0.4 is 10.2 Å². The Morgan fingerprint density at radius 2 is 2.22 bits per heavy atom. The molecule has 1 aliphatic rings. The molecule has 0 fully saturated rings. The zero-order chi connectivity index (χ0) is 13.1. The van der Waals surface area contributed by atoms with Gasteiger partial charge in [-0.1, -0.05) is 19.1 Å². The molecule has 2 amide bonds. The average molecular weight is 248 g/mol. The van der Waals surface area contributed by atoms with Gasteiger partial charge < -0.3 is 10.1 Å². The largest absolute Gasteiger partial charge is 0.449 e. The van der Waals surface area contributed by atoms with Crippen LogP contribution in [0.5, 0.6) is 0 Å². The van der Waals surface area contributed by atoms with Crippen molar-refractivity contribution in [3.63, 3.8) is 0 Å². The van der Waals surface area contributed by atoms with Crippen molar-refractivity contribution in [2.75, 3.05) is 23.4 Å². The van der Waals surface area contributed by atoms with Gasteiger partial charge >= 0.3 is 6.09 Å². The Morgan fingerprint density at radius 3 is 2.94 bits per heavy atom. The highest BCUT2D eigenvalue weighted by molar-refractivity contribution is 6.02. The Labute approximate surface area is 106 Å². The fourth-order valence-electron chi connectivity index (χ4n) is 1.90. The van der Waals surface area contributed by atoms with Gasteiger partial charge in [0.2, 0.25) is 5.91 Å². The number of benzene rings is 1. The Bertz CT molecular complexity index is 473. The van der Waals surface area contributed by atoms with E-state index < -0.39 is 6.09 Å². The monoisotopic (exact) mass is 248 g/mol. The number of hydrogen-bond donors (Lipinski definition) is 1. The first-order valence-corrected chi connectivity index (χ1v) is 5.97. The first-order chi connectivity index (χ1) is 8.63. The van der Waals surface area contributed by atoms with Gasteiger partial charge in [0.1, 0.15) is 0 Å². The molecule has 1 N–H and O–H groups in total. The minimum atomic E-state index is -0.423. The average Bonchev–Trinajstić information content (AvgIpc) is 2.48. The predicted octanol–water partition coefficient (Wildman–Crippen LogP) is 2.24. The van der Waals surface area contributed by atoms with Crippen LogP contribution in [-0.2, 0) is 9.53 Å². The van der Waals surface area contributed by atoms with Crippen molar-refractivity contribution in [2.45, 2.75) is 13.8 Å². The molecule has 0 saturated heterocycles. The van der Waals surface area contributed by atoms with E-state index in [1.165, 1.54) is 4.90 Å². The third-order valence-corrected chi connectivity index (χ3v) is 2.84. The van der Waals surface area contributed by atoms with Gasteiger partial charge in [-0.05, 0) is 19.1 Å². The van der Waals surface area contributed by atoms with Crippen LogP contribution in [0.2, 0.25) is 0 Å². The highest BCUT2D eigenvalue weighted by atomic mass is 16.6. The van der Waals surface area contributed by atoms with Crippen molar-refractivity contribution in [1.29, 1.82) is 0 Å². The molecule has 2 rings (SSSR count). The SMILES string of the molecule is CCOC(=O)N1C[C@@H](C)C(=O)Nc2ccccc21. The van der Waals surface area contributed by atoms with E-state index in [9.17, 15) is 9.59 Å². The third-order valence-electron chi connectivity index (χ3n) is 2.84. The zero-order valence-corrected chi connectivity index (χ0v) is 10.5. The molecular weight excluding hydrogens is 232 g/mol. The molecule has 18 heavy (non-hydrogen) atoms. The second kappa shape index (κ2) is 5.08. The van der Waals surface area contributed by atoms with Crippen LogP contribution in [0.15, 0.2) is 24.3 Å². The first kappa shape index (κ1) is 12.4. The topological polar surface area (TPSA) is 58.6 Å². The number of rotatable bonds is 1. The number of amides is 2. The number of carbonyl (C=O) groups is 2. The van der Waals surface area contributed by atoms with E-state index in [4.69, 9.17) is 4.74 Å². The zero-order valence-electron chi connectivity index (χ0n) is 10.5. The van der Waals surface area contributed by atoms with Gasteiger partial charge in [-0.2, -0.15) is 0 Å². The Morgan fingerprint density at radius 1 is 1.50 bits per heavy atom. The van der Waals surface area contributed by atoms with Crippen molar-refractivity contribution >= 4 is 23.4 Å². The Kier molecular flexibility index (Phi) is 3.50. The van der Waals surface area contributed by atoms with Crippen molar-refractivity contribution in [2.24, 2.45) is 5.92 Å². The van der Waals surface area contributed by atoms with E-state index in [0.717, 1.165) is 0 Å². The van der Waals surface area contributed by atoms with Crippen LogP contribution in [0.1, 0.15) is 13.8 Å². The lowest BCUT2D eigenvalue weighted by atomic mass is 10.1. The molecule has 5 heteroatoms. The van der Waals surface area contributed by atoms with Gasteiger partial charge in [-0.25, -0.2) is 4.79 Å². The van der Waals surface area contributed by atoms with Crippen LogP contribution in [0, 0.1) is 5.92 Å². The van der Waals surface area contributed by atoms with Crippen molar-refractivity contribution < 1.29 is 14.3 Å². The van der Waals surface area contributed by atoms with Gasteiger partial charge in [0.15, 0.2) is 0 Å². The summed E-state index contributed by atoms with van der Waals surface area (Å²) in [6, 6.07) is 7.22. The number of nitrogens with zero attached hydrogens (tertiary/aromatic N) is 1. The van der Waals surface area contributed by atoms with E-state index in [0.29, 0.717) is 24.5 Å². The highest BCUT2D eigenvalue weighted by Gasteiger charge is 2.29. The van der Waals surface area contributed by atoms with Gasteiger partial charge in [-0.3, -0.25) is 9.69 Å². The molecule has 1 aromatic rings. The first-order valence-electron chi connectivity index (χ1n) is 5.97. The number of nitrogens with one attached hydrogen (secondary N) is 1. The predicted molar refractivity (Wildman–Crippen MR) is 68.6 cm³/mol. The number of fused-ring (bicyclic) bond motifs is 1. The van der Waals surface area contributed by atoms with Gasteiger partial charge in [-0.15, -0.1) is 0 Å². The summed E-state index contributed by atoms with van der Waals surface area (Å²) < 4.78 is 5.03. The van der Waals surface area contributed by atoms with Crippen LogP contribution in [0.4, 0.5) is 16.2 Å². The summed E-state index contributed by atoms with van der Waals surface area (Å²) in [6.45, 7) is 4.18. The summed E-state index contributed by atoms with van der Waals surface area (Å²) in [5.74, 6) is -0.365. The van der Waals surface area contributed by atoms with Crippen LogP contribution in [0.3, 0.4) is 0 Å². The van der Waals surface area contributed by atoms with Crippen molar-refractivity contribution in [3.05, 3.63) is 24.3 Å². The molecule has 1 aromatic carbocycles. The molecule has 0 aliphatic carbocycles. The fraction of sp³-hybridized carbons (Fsp3) is 0.385. The lowest BCUT2D eigenvalue weighted by Gasteiger charge is -2.22. The molecule has 0 radical (unpaired) electrons. The van der Waals surface area contributed by atoms with Crippen LogP contribution in [-0.4, -0.2) is 25.2 Å². The maximum Gasteiger partial charge on any atom is 0.414 e. The number of para-hydroxylation sites is 2. The number of anilines is 2. The fourth-order valence-corrected chi connectivity index (χ4v) is 1.90. The second-order valence-electron chi connectivity index (χ2n) is 4.22. The molecule has 5 nitrogen and oxygen atoms in total. The molecule has 0 saturated carbocycles. The van der Waals surface area contributed by atoms with E-state index >= 15 is 0 Å².